The summed E-state index contributed by atoms with van der Waals surface area (Å²) < 4.78 is 1.02. The molecule has 3 heteroatoms. The predicted molar refractivity (Wildman–Crippen MR) is 74.4 cm³/mol. The highest BCUT2D eigenvalue weighted by molar-refractivity contribution is 9.10. The molecule has 0 N–H and O–H groups in total. The molecule has 88 valence electrons. The zero-order valence-corrected chi connectivity index (χ0v) is 11.6. The van der Waals surface area contributed by atoms with Gasteiger partial charge in [0.1, 0.15) is 5.78 Å². The van der Waals surface area contributed by atoms with Gasteiger partial charge in [-0.1, -0.05) is 41.4 Å². The van der Waals surface area contributed by atoms with Gasteiger partial charge in [0, 0.05) is 10.4 Å². The van der Waals surface area contributed by atoms with E-state index in [9.17, 15) is 4.79 Å². The van der Waals surface area contributed by atoms with Crippen LogP contribution in [0, 0.1) is 5.92 Å². The van der Waals surface area contributed by atoms with Crippen molar-refractivity contribution in [2.24, 2.45) is 5.92 Å². The van der Waals surface area contributed by atoms with Crippen LogP contribution in [-0.4, -0.2) is 13.6 Å². The Balaban J connectivity index is 2.29. The Morgan fingerprint density at radius 3 is 2.65 bits per heavy atom. The van der Waals surface area contributed by atoms with E-state index < -0.39 is 0 Å². The summed E-state index contributed by atoms with van der Waals surface area (Å²) in [6, 6.07) is 8.05. The molecule has 17 heavy (non-hydrogen) atoms. The molecular weight excluding hydrogens is 275 g/mol. The first-order valence-corrected chi connectivity index (χ1v) is 6.93. The Labute approximate surface area is 113 Å². The number of Topliss-reactive ketones (excluding diaryl/α,β-unsaturated/α-hetero) is 1. The van der Waals surface area contributed by atoms with Gasteiger partial charge in [-0.25, -0.2) is 0 Å². The maximum absolute atomic E-state index is 12.2. The maximum atomic E-state index is 12.2. The highest BCUT2D eigenvalue weighted by Gasteiger charge is 2.34. The Morgan fingerprint density at radius 2 is 2.18 bits per heavy atom. The van der Waals surface area contributed by atoms with Gasteiger partial charge < -0.3 is 0 Å². The van der Waals surface area contributed by atoms with Gasteiger partial charge in [0.15, 0.2) is 0 Å². The van der Waals surface area contributed by atoms with Gasteiger partial charge in [0.2, 0.25) is 0 Å². The zero-order valence-electron chi connectivity index (χ0n) is 10.0. The molecule has 2 rings (SSSR count). The second kappa shape index (κ2) is 5.39. The largest absolute Gasteiger partial charge is 0.300 e. The van der Waals surface area contributed by atoms with Crippen LogP contribution >= 0.6 is 15.9 Å². The molecule has 0 aromatic heterocycles. The van der Waals surface area contributed by atoms with Crippen molar-refractivity contribution in [3.8, 4) is 0 Å². The van der Waals surface area contributed by atoms with Gasteiger partial charge in [-0.15, -0.1) is 0 Å². The fraction of sp³-hybridized carbons (Fsp3) is 0.500. The minimum absolute atomic E-state index is 0.0127. The molecule has 2 radical (unpaired) electrons. The van der Waals surface area contributed by atoms with Crippen molar-refractivity contribution < 1.29 is 4.79 Å². The van der Waals surface area contributed by atoms with E-state index in [1.54, 1.807) is 6.92 Å². The van der Waals surface area contributed by atoms with Crippen molar-refractivity contribution >= 4 is 29.6 Å². The topological polar surface area (TPSA) is 17.1 Å². The minimum Gasteiger partial charge on any atom is -0.300 e. The molecule has 1 saturated carbocycles. The Kier molecular flexibility index (Phi) is 4.08. The summed E-state index contributed by atoms with van der Waals surface area (Å²) in [5, 5.41) is 0. The van der Waals surface area contributed by atoms with Gasteiger partial charge in [0.25, 0.3) is 0 Å². The van der Waals surface area contributed by atoms with Crippen LogP contribution in [0.15, 0.2) is 28.7 Å². The number of ketones is 1. The first kappa shape index (κ1) is 12.9. The van der Waals surface area contributed by atoms with Gasteiger partial charge in [0.05, 0.1) is 7.85 Å². The van der Waals surface area contributed by atoms with E-state index in [2.05, 4.69) is 15.9 Å². The van der Waals surface area contributed by atoms with E-state index in [1.807, 2.05) is 24.3 Å². The molecule has 1 aromatic carbocycles. The highest BCUT2D eigenvalue weighted by atomic mass is 79.9. The third-order valence-corrected chi connectivity index (χ3v) is 4.08. The third-order valence-electron chi connectivity index (χ3n) is 3.58. The molecule has 1 nitrogen and oxygen atoms in total. The Hall–Kier alpha value is -0.565. The number of carbonyl (C=O) groups is 1. The van der Waals surface area contributed by atoms with Crippen LogP contribution in [0.25, 0.3) is 0 Å². The quantitative estimate of drug-likeness (QED) is 0.769. The summed E-state index contributed by atoms with van der Waals surface area (Å²) in [7, 11) is 5.77. The van der Waals surface area contributed by atoms with Crippen LogP contribution in [0.3, 0.4) is 0 Å². The predicted octanol–water partition coefficient (Wildman–Crippen LogP) is 3.88. The second-order valence-corrected chi connectivity index (χ2v) is 5.83. The van der Waals surface area contributed by atoms with E-state index in [-0.39, 0.29) is 17.5 Å². The standard InChI is InChI=1S/C14H16BBrO/c1-9(15)14(17)13(10-4-2-5-10)11-6-3-7-12(16)8-11/h3,6-10,13H,2,4-5H2,1H3. The number of benzene rings is 1. The van der Waals surface area contributed by atoms with Crippen LogP contribution < -0.4 is 0 Å². The Bertz CT molecular complexity index is 412. The fourth-order valence-electron chi connectivity index (χ4n) is 2.43. The lowest BCUT2D eigenvalue weighted by Crippen LogP contribution is -2.28. The van der Waals surface area contributed by atoms with E-state index in [1.165, 1.54) is 6.42 Å². The first-order chi connectivity index (χ1) is 8.09. The van der Waals surface area contributed by atoms with Crippen molar-refractivity contribution in [3.63, 3.8) is 0 Å². The second-order valence-electron chi connectivity index (χ2n) is 4.91. The molecule has 0 spiro atoms. The molecule has 0 bridgehead atoms. The average Bonchev–Trinajstić information content (AvgIpc) is 2.22. The van der Waals surface area contributed by atoms with Gasteiger partial charge >= 0.3 is 0 Å². The minimum atomic E-state index is -0.375. The normalized spacial score (nSPS) is 19.4. The van der Waals surface area contributed by atoms with Crippen molar-refractivity contribution in [1.82, 2.24) is 0 Å². The molecule has 0 heterocycles. The molecule has 2 unspecified atom stereocenters. The van der Waals surface area contributed by atoms with Crippen LogP contribution in [-0.2, 0) is 4.79 Å². The molecule has 0 aliphatic heterocycles. The highest BCUT2D eigenvalue weighted by Crippen LogP contribution is 2.41. The van der Waals surface area contributed by atoms with Gasteiger partial charge in [-0.05, 0) is 42.3 Å². The number of rotatable bonds is 4. The van der Waals surface area contributed by atoms with Crippen LogP contribution in [0.5, 0.6) is 0 Å². The Morgan fingerprint density at radius 1 is 1.47 bits per heavy atom. The van der Waals surface area contributed by atoms with Crippen LogP contribution in [0.2, 0.25) is 5.82 Å². The summed E-state index contributed by atoms with van der Waals surface area (Å²) >= 11 is 3.46. The lowest BCUT2D eigenvalue weighted by Gasteiger charge is -2.34. The number of hydrogen-bond acceptors (Lipinski definition) is 1. The molecule has 1 fully saturated rings. The van der Waals surface area contributed by atoms with E-state index in [0.29, 0.717) is 5.92 Å². The SMILES string of the molecule is [B]C(C)C(=O)C(c1cccc(Br)c1)C1CCC1. The smallest absolute Gasteiger partial charge is 0.134 e. The summed E-state index contributed by atoms with van der Waals surface area (Å²) in [5.41, 5.74) is 1.10. The summed E-state index contributed by atoms with van der Waals surface area (Å²) in [6.07, 6.45) is 3.53. The summed E-state index contributed by atoms with van der Waals surface area (Å²) in [5.74, 6) is 0.274. The third kappa shape index (κ3) is 2.82. The van der Waals surface area contributed by atoms with Crippen LogP contribution in [0.4, 0.5) is 0 Å². The maximum Gasteiger partial charge on any atom is 0.134 e. The molecule has 0 amide bonds. The molecular formula is C14H16BBrO. The van der Waals surface area contributed by atoms with E-state index in [0.717, 1.165) is 22.9 Å². The van der Waals surface area contributed by atoms with Crippen molar-refractivity contribution in [2.45, 2.75) is 37.9 Å². The lowest BCUT2D eigenvalue weighted by atomic mass is 9.66. The molecule has 1 aromatic rings. The number of hydrogen-bond donors (Lipinski definition) is 0. The van der Waals surface area contributed by atoms with Crippen molar-refractivity contribution in [1.29, 1.82) is 0 Å². The first-order valence-electron chi connectivity index (χ1n) is 6.14. The number of halogens is 1. The van der Waals surface area contributed by atoms with Gasteiger partial charge in [-0.2, -0.15) is 0 Å². The summed E-state index contributed by atoms with van der Waals surface area (Å²) in [4.78, 5) is 12.2. The van der Waals surface area contributed by atoms with Crippen molar-refractivity contribution in [2.75, 3.05) is 0 Å². The van der Waals surface area contributed by atoms with E-state index in [4.69, 9.17) is 7.85 Å². The molecule has 1 aliphatic carbocycles. The average molecular weight is 291 g/mol. The van der Waals surface area contributed by atoms with E-state index >= 15 is 0 Å². The lowest BCUT2D eigenvalue weighted by molar-refractivity contribution is -0.122. The monoisotopic (exact) mass is 290 g/mol. The van der Waals surface area contributed by atoms with Crippen LogP contribution in [0.1, 0.15) is 37.7 Å². The molecule has 0 saturated heterocycles. The summed E-state index contributed by atoms with van der Waals surface area (Å²) in [6.45, 7) is 1.78. The molecule has 2 atom stereocenters. The molecule has 1 aliphatic rings. The fourth-order valence-corrected chi connectivity index (χ4v) is 2.84. The number of carbonyl (C=O) groups excluding carboxylic acids is 1. The zero-order chi connectivity index (χ0) is 12.4. The van der Waals surface area contributed by atoms with Crippen molar-refractivity contribution in [3.05, 3.63) is 34.3 Å². The van der Waals surface area contributed by atoms with Gasteiger partial charge in [-0.3, -0.25) is 4.79 Å².